The van der Waals surface area contributed by atoms with Gasteiger partial charge in [0.05, 0.1) is 17.9 Å². The Morgan fingerprint density at radius 2 is 2.00 bits per heavy atom. The molecular formula is C19H22N4O4S. The summed E-state index contributed by atoms with van der Waals surface area (Å²) in [5.41, 5.74) is 2.22. The molecule has 3 heterocycles. The van der Waals surface area contributed by atoms with E-state index in [2.05, 4.69) is 10.1 Å². The molecule has 0 saturated heterocycles. The van der Waals surface area contributed by atoms with Gasteiger partial charge in [0.2, 0.25) is 5.89 Å². The van der Waals surface area contributed by atoms with E-state index < -0.39 is 16.1 Å². The number of hydrogen-bond acceptors (Lipinski definition) is 6. The molecule has 0 amide bonds. The van der Waals surface area contributed by atoms with E-state index in [1.165, 1.54) is 8.99 Å². The molecule has 4 rings (SSSR count). The first-order valence-electron chi connectivity index (χ1n) is 8.97. The minimum absolute atomic E-state index is 0.163. The minimum atomic E-state index is -3.66. The molecule has 1 unspecified atom stereocenters. The van der Waals surface area contributed by atoms with Crippen molar-refractivity contribution in [3.8, 4) is 0 Å². The Balaban J connectivity index is 1.62. The summed E-state index contributed by atoms with van der Waals surface area (Å²) in [6, 6.07) is 11.2. The molecule has 1 aliphatic heterocycles. The van der Waals surface area contributed by atoms with Gasteiger partial charge in [-0.15, -0.1) is 0 Å². The summed E-state index contributed by atoms with van der Waals surface area (Å²) in [5.74, 6) is 1.15. The van der Waals surface area contributed by atoms with Gasteiger partial charge in [-0.25, -0.2) is 13.4 Å². The van der Waals surface area contributed by atoms with Crippen LogP contribution < -0.4 is 0 Å². The monoisotopic (exact) mass is 402 g/mol. The maximum atomic E-state index is 13.0. The van der Waals surface area contributed by atoms with Crippen molar-refractivity contribution < 1.29 is 17.6 Å². The van der Waals surface area contributed by atoms with E-state index in [9.17, 15) is 8.42 Å². The average molecular weight is 402 g/mol. The third-order valence-corrected chi connectivity index (χ3v) is 6.74. The fourth-order valence-corrected chi connectivity index (χ4v) is 5.06. The number of benzene rings is 1. The lowest BCUT2D eigenvalue weighted by Crippen LogP contribution is -2.36. The molecule has 0 saturated carbocycles. The van der Waals surface area contributed by atoms with Gasteiger partial charge in [0.15, 0.2) is 11.1 Å². The highest BCUT2D eigenvalue weighted by molar-refractivity contribution is 7.89. The smallest absolute Gasteiger partial charge is 0.260 e. The number of oxazole rings is 1. The lowest BCUT2D eigenvalue weighted by molar-refractivity contribution is 0.110. The van der Waals surface area contributed by atoms with Gasteiger partial charge in [0.25, 0.3) is 10.0 Å². The highest BCUT2D eigenvalue weighted by atomic mass is 32.2. The lowest BCUT2D eigenvalue weighted by Gasteiger charge is -2.24. The fourth-order valence-electron chi connectivity index (χ4n) is 3.48. The van der Waals surface area contributed by atoms with Crippen molar-refractivity contribution in [3.63, 3.8) is 0 Å². The number of methoxy groups -OCH3 is 1. The number of aryl methyl sites for hydroxylation is 2. The van der Waals surface area contributed by atoms with Crippen LogP contribution in [0.15, 0.2) is 45.8 Å². The van der Waals surface area contributed by atoms with Crippen molar-refractivity contribution in [2.24, 2.45) is 7.05 Å². The average Bonchev–Trinajstić information content (AvgIpc) is 3.25. The molecule has 0 aliphatic carbocycles. The number of fused-ring (bicyclic) bond motifs is 1. The maximum absolute atomic E-state index is 13.0. The van der Waals surface area contributed by atoms with Gasteiger partial charge in [-0.3, -0.25) is 4.68 Å². The summed E-state index contributed by atoms with van der Waals surface area (Å²) in [6.07, 6.45) is 0.0282. The summed E-state index contributed by atoms with van der Waals surface area (Å²) in [7, 11) is -0.431. The predicted octanol–water partition coefficient (Wildman–Crippen LogP) is 2.20. The number of sulfonamides is 1. The summed E-state index contributed by atoms with van der Waals surface area (Å²) in [5, 5.41) is 4.33. The van der Waals surface area contributed by atoms with Crippen molar-refractivity contribution in [2.75, 3.05) is 13.7 Å². The van der Waals surface area contributed by atoms with E-state index in [-0.39, 0.29) is 11.6 Å². The van der Waals surface area contributed by atoms with Crippen LogP contribution in [0, 0.1) is 6.92 Å². The van der Waals surface area contributed by atoms with E-state index in [1.54, 1.807) is 27.1 Å². The zero-order valence-corrected chi connectivity index (χ0v) is 16.8. The molecular weight excluding hydrogens is 380 g/mol. The Morgan fingerprint density at radius 1 is 1.25 bits per heavy atom. The Morgan fingerprint density at radius 3 is 2.64 bits per heavy atom. The molecule has 1 atom stereocenters. The number of hydrogen-bond donors (Lipinski definition) is 0. The molecule has 0 N–H and O–H groups in total. The molecule has 0 spiro atoms. The highest BCUT2D eigenvalue weighted by Crippen LogP contribution is 2.30. The lowest BCUT2D eigenvalue weighted by atomic mass is 10.1. The topological polar surface area (TPSA) is 90.5 Å². The zero-order chi connectivity index (χ0) is 19.9. The van der Waals surface area contributed by atoms with Crippen LogP contribution in [-0.4, -0.2) is 41.1 Å². The van der Waals surface area contributed by atoms with Crippen molar-refractivity contribution in [3.05, 3.63) is 65.0 Å². The van der Waals surface area contributed by atoms with Crippen LogP contribution in [-0.2, 0) is 34.8 Å². The molecule has 1 aromatic carbocycles. The van der Waals surface area contributed by atoms with E-state index in [1.807, 2.05) is 30.3 Å². The Hall–Kier alpha value is -2.49. The number of aromatic nitrogens is 3. The Bertz CT molecular complexity index is 1090. The molecule has 0 bridgehead atoms. The molecule has 3 aromatic rings. The normalized spacial score (nSPS) is 16.1. The van der Waals surface area contributed by atoms with E-state index >= 15 is 0 Å². The van der Waals surface area contributed by atoms with Gasteiger partial charge in [0.1, 0.15) is 5.76 Å². The Labute approximate surface area is 163 Å². The molecule has 28 heavy (non-hydrogen) atoms. The highest BCUT2D eigenvalue weighted by Gasteiger charge is 2.34. The van der Waals surface area contributed by atoms with Gasteiger partial charge < -0.3 is 9.15 Å². The second kappa shape index (κ2) is 7.16. The minimum Gasteiger partial charge on any atom is -0.442 e. The standard InChI is InChI=1S/C19H22N4O4S/c1-13-11-17(22(2)21-13)28(24,25)23-10-9-16-15(12-23)20-19(27-16)18(26-3)14-7-5-4-6-8-14/h4-8,11,18H,9-10,12H2,1-3H3. The van der Waals surface area contributed by atoms with E-state index in [0.717, 1.165) is 5.56 Å². The van der Waals surface area contributed by atoms with Crippen LogP contribution in [0.1, 0.15) is 34.7 Å². The van der Waals surface area contributed by atoms with E-state index in [4.69, 9.17) is 9.15 Å². The maximum Gasteiger partial charge on any atom is 0.260 e. The van der Waals surface area contributed by atoms with Crippen molar-refractivity contribution >= 4 is 10.0 Å². The first kappa shape index (κ1) is 18.9. The summed E-state index contributed by atoms with van der Waals surface area (Å²) >= 11 is 0. The van der Waals surface area contributed by atoms with Crippen LogP contribution >= 0.6 is 0 Å². The van der Waals surface area contributed by atoms with Gasteiger partial charge in [-0.1, -0.05) is 30.3 Å². The second-order valence-corrected chi connectivity index (χ2v) is 8.67. The summed E-state index contributed by atoms with van der Waals surface area (Å²) in [6.45, 7) is 2.26. The van der Waals surface area contributed by atoms with Gasteiger partial charge in [-0.05, 0) is 18.6 Å². The van der Waals surface area contributed by atoms with Crippen LogP contribution in [0.3, 0.4) is 0 Å². The number of rotatable bonds is 5. The molecule has 0 radical (unpaired) electrons. The summed E-state index contributed by atoms with van der Waals surface area (Å²) < 4.78 is 40.4. The van der Waals surface area contributed by atoms with Crippen LogP contribution in [0.4, 0.5) is 0 Å². The van der Waals surface area contributed by atoms with Crippen LogP contribution in [0.5, 0.6) is 0 Å². The first-order valence-corrected chi connectivity index (χ1v) is 10.4. The number of nitrogens with zero attached hydrogens (tertiary/aromatic N) is 4. The van der Waals surface area contributed by atoms with Gasteiger partial charge in [-0.2, -0.15) is 9.40 Å². The molecule has 0 fully saturated rings. The second-order valence-electron chi connectivity index (χ2n) is 6.78. The SMILES string of the molecule is COC(c1ccccc1)c1nc2c(o1)CCN(S(=O)(=O)c1cc(C)nn1C)C2. The van der Waals surface area contributed by atoms with E-state index in [0.29, 0.717) is 36.0 Å². The third kappa shape index (κ3) is 3.25. The predicted molar refractivity (Wildman–Crippen MR) is 101 cm³/mol. The molecule has 148 valence electrons. The molecule has 1 aliphatic rings. The number of ether oxygens (including phenoxy) is 1. The quantitative estimate of drug-likeness (QED) is 0.650. The fraction of sp³-hybridized carbons (Fsp3) is 0.368. The zero-order valence-electron chi connectivity index (χ0n) is 16.0. The van der Waals surface area contributed by atoms with Crippen molar-refractivity contribution in [2.45, 2.75) is 31.0 Å². The van der Waals surface area contributed by atoms with Crippen LogP contribution in [0.2, 0.25) is 0 Å². The van der Waals surface area contributed by atoms with Gasteiger partial charge >= 0.3 is 0 Å². The molecule has 9 heteroatoms. The molecule has 8 nitrogen and oxygen atoms in total. The third-order valence-electron chi connectivity index (χ3n) is 4.83. The van der Waals surface area contributed by atoms with Crippen molar-refractivity contribution in [1.82, 2.24) is 19.1 Å². The van der Waals surface area contributed by atoms with Gasteiger partial charge in [0, 0.05) is 27.1 Å². The van der Waals surface area contributed by atoms with Crippen LogP contribution in [0.25, 0.3) is 0 Å². The largest absolute Gasteiger partial charge is 0.442 e. The Kier molecular flexibility index (Phi) is 4.82. The van der Waals surface area contributed by atoms with Crippen molar-refractivity contribution in [1.29, 1.82) is 0 Å². The molecule has 2 aromatic heterocycles. The summed E-state index contributed by atoms with van der Waals surface area (Å²) in [4.78, 5) is 4.56. The first-order chi connectivity index (χ1) is 13.4.